The van der Waals surface area contributed by atoms with E-state index in [1.54, 1.807) is 36.5 Å². The first-order chi connectivity index (χ1) is 12.1. The summed E-state index contributed by atoms with van der Waals surface area (Å²) in [5.41, 5.74) is 5.47. The van der Waals surface area contributed by atoms with Crippen LogP contribution in [0.2, 0.25) is 0 Å². The Bertz CT molecular complexity index is 739. The average molecular weight is 408 g/mol. The molecule has 0 radical (unpaired) electrons. The molecule has 25 heavy (non-hydrogen) atoms. The van der Waals surface area contributed by atoms with Crippen molar-refractivity contribution in [1.82, 2.24) is 15.8 Å². The molecule has 132 valence electrons. The molecule has 0 aliphatic carbocycles. The second-order valence-corrected chi connectivity index (χ2v) is 6.53. The highest BCUT2D eigenvalue weighted by molar-refractivity contribution is 9.10. The topological polar surface area (TPSA) is 92.5 Å². The Morgan fingerprint density at radius 3 is 2.64 bits per heavy atom. The lowest BCUT2D eigenvalue weighted by molar-refractivity contribution is 0.0679. The molecule has 0 spiro atoms. The van der Waals surface area contributed by atoms with Gasteiger partial charge in [0.1, 0.15) is 18.1 Å². The zero-order chi connectivity index (χ0) is 17.6. The minimum Gasteiger partial charge on any atom is -0.491 e. The van der Waals surface area contributed by atoms with Crippen molar-refractivity contribution < 1.29 is 19.1 Å². The number of halogens is 1. The second kappa shape index (κ2) is 8.17. The molecule has 2 aromatic rings. The number of H-pyrrole nitrogens is 1. The minimum atomic E-state index is -0.435. The normalized spacial score (nSPS) is 16.4. The van der Waals surface area contributed by atoms with Gasteiger partial charge in [-0.25, -0.2) is 0 Å². The number of carbonyl (C=O) groups excluding carboxylic acids is 2. The lowest BCUT2D eigenvalue weighted by atomic mass is 10.2. The predicted molar refractivity (Wildman–Crippen MR) is 94.3 cm³/mol. The number of hydrogen-bond donors (Lipinski definition) is 3. The van der Waals surface area contributed by atoms with Crippen LogP contribution in [0.1, 0.15) is 33.7 Å². The lowest BCUT2D eigenvalue weighted by Gasteiger charge is -2.12. The fourth-order valence-corrected chi connectivity index (χ4v) is 2.76. The van der Waals surface area contributed by atoms with Crippen LogP contribution in [0, 0.1) is 0 Å². The molecule has 8 heteroatoms. The number of benzene rings is 1. The summed E-state index contributed by atoms with van der Waals surface area (Å²) in [7, 11) is 0. The maximum atomic E-state index is 12.1. The zero-order valence-electron chi connectivity index (χ0n) is 13.4. The highest BCUT2D eigenvalue weighted by Gasteiger charge is 2.16. The van der Waals surface area contributed by atoms with Crippen LogP contribution in [0.4, 0.5) is 0 Å². The Labute approximate surface area is 153 Å². The quantitative estimate of drug-likeness (QED) is 0.663. The predicted octanol–water partition coefficient (Wildman–Crippen LogP) is 2.41. The van der Waals surface area contributed by atoms with Crippen molar-refractivity contribution in [2.75, 3.05) is 13.2 Å². The largest absolute Gasteiger partial charge is 0.491 e. The van der Waals surface area contributed by atoms with Crippen molar-refractivity contribution in [3.63, 3.8) is 0 Å². The van der Waals surface area contributed by atoms with Crippen LogP contribution >= 0.6 is 15.9 Å². The Kier molecular flexibility index (Phi) is 5.72. The number of hydrazine groups is 1. The van der Waals surface area contributed by atoms with Crippen LogP contribution in [-0.2, 0) is 4.74 Å². The molecule has 1 aromatic carbocycles. The van der Waals surface area contributed by atoms with E-state index in [4.69, 9.17) is 9.47 Å². The Morgan fingerprint density at radius 2 is 2.00 bits per heavy atom. The number of amides is 2. The third-order valence-corrected chi connectivity index (χ3v) is 4.22. The summed E-state index contributed by atoms with van der Waals surface area (Å²) in [5.74, 6) is -0.174. The molecule has 3 N–H and O–H groups in total. The molecule has 7 nitrogen and oxygen atoms in total. The van der Waals surface area contributed by atoms with E-state index in [2.05, 4.69) is 31.8 Å². The van der Waals surface area contributed by atoms with Gasteiger partial charge in [-0.05, 0) is 59.1 Å². The van der Waals surface area contributed by atoms with Crippen LogP contribution < -0.4 is 15.6 Å². The first-order valence-corrected chi connectivity index (χ1v) is 8.70. The molecule has 0 saturated carbocycles. The molecule has 1 aliphatic heterocycles. The summed E-state index contributed by atoms with van der Waals surface area (Å²) in [6.45, 7) is 1.30. The maximum absolute atomic E-state index is 12.1. The van der Waals surface area contributed by atoms with Crippen molar-refractivity contribution in [1.29, 1.82) is 0 Å². The van der Waals surface area contributed by atoms with Crippen molar-refractivity contribution >= 4 is 27.7 Å². The summed E-state index contributed by atoms with van der Waals surface area (Å²) < 4.78 is 11.9. The van der Waals surface area contributed by atoms with Gasteiger partial charge in [-0.1, -0.05) is 0 Å². The molecule has 1 aliphatic rings. The molecular weight excluding hydrogens is 390 g/mol. The van der Waals surface area contributed by atoms with Crippen LogP contribution in [0.15, 0.2) is 41.0 Å². The Hall–Kier alpha value is -2.32. The molecule has 1 unspecified atom stereocenters. The molecule has 0 bridgehead atoms. The molecule has 1 fully saturated rings. The number of nitrogens with one attached hydrogen (secondary N) is 3. The summed E-state index contributed by atoms with van der Waals surface area (Å²) in [6.07, 6.45) is 3.85. The third kappa shape index (κ3) is 4.83. The standard InChI is InChI=1S/C17H18BrN3O4/c18-12-8-15(19-9-12)17(23)21-20-16(22)11-3-5-13(6-4-11)25-10-14-2-1-7-24-14/h3-6,8-9,14,19H,1-2,7,10H2,(H,20,22)(H,21,23). The molecule has 3 rings (SSSR count). The van der Waals surface area contributed by atoms with E-state index in [1.165, 1.54) is 0 Å². The van der Waals surface area contributed by atoms with Gasteiger partial charge in [-0.15, -0.1) is 0 Å². The molecule has 2 heterocycles. The number of aromatic nitrogens is 1. The smallest absolute Gasteiger partial charge is 0.286 e. The highest BCUT2D eigenvalue weighted by atomic mass is 79.9. The second-order valence-electron chi connectivity index (χ2n) is 5.61. The summed E-state index contributed by atoms with van der Waals surface area (Å²) in [5, 5.41) is 0. The van der Waals surface area contributed by atoms with Crippen LogP contribution in [0.3, 0.4) is 0 Å². The first-order valence-electron chi connectivity index (χ1n) is 7.91. The summed E-state index contributed by atoms with van der Waals surface area (Å²) in [6, 6.07) is 8.32. The van der Waals surface area contributed by atoms with Crippen LogP contribution in [-0.4, -0.2) is 36.1 Å². The SMILES string of the molecule is O=C(NNC(=O)c1cc(Br)c[nH]1)c1ccc(OCC2CCCO2)cc1. The van der Waals surface area contributed by atoms with Gasteiger partial charge in [-0.3, -0.25) is 20.4 Å². The van der Waals surface area contributed by atoms with E-state index in [0.29, 0.717) is 23.6 Å². The average Bonchev–Trinajstić information content (AvgIpc) is 3.29. The lowest BCUT2D eigenvalue weighted by Crippen LogP contribution is -2.41. The fraction of sp³-hybridized carbons (Fsp3) is 0.294. The third-order valence-electron chi connectivity index (χ3n) is 3.76. The molecular formula is C17H18BrN3O4. The molecule has 1 saturated heterocycles. The molecule has 2 amide bonds. The van der Waals surface area contributed by atoms with Gasteiger partial charge in [0.05, 0.1) is 6.10 Å². The van der Waals surface area contributed by atoms with Gasteiger partial charge in [0.25, 0.3) is 11.8 Å². The minimum absolute atomic E-state index is 0.145. The van der Waals surface area contributed by atoms with E-state index >= 15 is 0 Å². The van der Waals surface area contributed by atoms with Crippen molar-refractivity contribution in [2.45, 2.75) is 18.9 Å². The van der Waals surface area contributed by atoms with E-state index in [9.17, 15) is 9.59 Å². The number of aromatic amines is 1. The van der Waals surface area contributed by atoms with Crippen molar-refractivity contribution in [3.8, 4) is 5.75 Å². The number of rotatable bonds is 5. The monoisotopic (exact) mass is 407 g/mol. The maximum Gasteiger partial charge on any atom is 0.286 e. The van der Waals surface area contributed by atoms with Crippen LogP contribution in [0.25, 0.3) is 0 Å². The van der Waals surface area contributed by atoms with Crippen molar-refractivity contribution in [3.05, 3.63) is 52.3 Å². The number of ether oxygens (including phenoxy) is 2. The Balaban J connectivity index is 1.47. The van der Waals surface area contributed by atoms with E-state index in [1.807, 2.05) is 0 Å². The van der Waals surface area contributed by atoms with Crippen LogP contribution in [0.5, 0.6) is 5.75 Å². The highest BCUT2D eigenvalue weighted by Crippen LogP contribution is 2.16. The van der Waals surface area contributed by atoms with Gasteiger partial charge in [0, 0.05) is 22.8 Å². The fourth-order valence-electron chi connectivity index (χ4n) is 2.42. The van der Waals surface area contributed by atoms with Gasteiger partial charge >= 0.3 is 0 Å². The van der Waals surface area contributed by atoms with E-state index < -0.39 is 11.8 Å². The summed E-state index contributed by atoms with van der Waals surface area (Å²) >= 11 is 3.24. The Morgan fingerprint density at radius 1 is 1.24 bits per heavy atom. The van der Waals surface area contributed by atoms with E-state index in [-0.39, 0.29) is 6.10 Å². The van der Waals surface area contributed by atoms with E-state index in [0.717, 1.165) is 23.9 Å². The van der Waals surface area contributed by atoms with Gasteiger partial charge in [0.15, 0.2) is 0 Å². The summed E-state index contributed by atoms with van der Waals surface area (Å²) in [4.78, 5) is 26.7. The zero-order valence-corrected chi connectivity index (χ0v) is 15.0. The van der Waals surface area contributed by atoms with Gasteiger partial charge < -0.3 is 14.5 Å². The molecule has 1 aromatic heterocycles. The van der Waals surface area contributed by atoms with Gasteiger partial charge in [-0.2, -0.15) is 0 Å². The number of carbonyl (C=O) groups is 2. The van der Waals surface area contributed by atoms with Gasteiger partial charge in [0.2, 0.25) is 0 Å². The molecule has 1 atom stereocenters. The first kappa shape index (κ1) is 17.5. The van der Waals surface area contributed by atoms with Crippen molar-refractivity contribution in [2.24, 2.45) is 0 Å². The number of hydrogen-bond acceptors (Lipinski definition) is 4.